The number of quaternary nitrogens is 1. The lowest BCUT2D eigenvalue weighted by Crippen LogP contribution is -2.87. The first-order valence-corrected chi connectivity index (χ1v) is 9.72. The van der Waals surface area contributed by atoms with Gasteiger partial charge in [-0.15, -0.1) is 11.3 Å². The third kappa shape index (κ3) is 4.40. The molecule has 0 aliphatic carbocycles. The van der Waals surface area contributed by atoms with E-state index in [2.05, 4.69) is 59.3 Å². The molecule has 0 bridgehead atoms. The molecule has 0 aliphatic heterocycles. The Morgan fingerprint density at radius 1 is 1.04 bits per heavy atom. The number of amides is 1. The fourth-order valence-electron chi connectivity index (χ4n) is 3.34. The van der Waals surface area contributed by atoms with Gasteiger partial charge in [0.15, 0.2) is 6.54 Å². The Hall–Kier alpha value is -2.43. The third-order valence-corrected chi connectivity index (χ3v) is 5.44. The summed E-state index contributed by atoms with van der Waals surface area (Å²) in [5.41, 5.74) is 5.57. The second-order valence-corrected chi connectivity index (χ2v) is 7.64. The van der Waals surface area contributed by atoms with Gasteiger partial charge in [-0.3, -0.25) is 4.79 Å². The zero-order chi connectivity index (χ0) is 18.5. The van der Waals surface area contributed by atoms with Gasteiger partial charge in [0.2, 0.25) is 0 Å². The Labute approximate surface area is 159 Å². The summed E-state index contributed by atoms with van der Waals surface area (Å²) in [7, 11) is 0. The first-order chi connectivity index (χ1) is 12.5. The van der Waals surface area contributed by atoms with Crippen molar-refractivity contribution in [2.24, 2.45) is 0 Å². The standard InChI is InChI=1S/C22H24N2OS/c1-15-12-16(2)21(17(3)13-15)24-20(25)14-23-22(19-10-7-11-26-19)18-8-5-4-6-9-18/h4-13,22-23H,14H2,1-3H3,(H,24,25)/p+1/t22-/m1/s1. The van der Waals surface area contributed by atoms with Crippen molar-refractivity contribution in [3.63, 3.8) is 0 Å². The molecule has 3 nitrogen and oxygen atoms in total. The first kappa shape index (κ1) is 18.4. The zero-order valence-electron chi connectivity index (χ0n) is 15.5. The lowest BCUT2D eigenvalue weighted by molar-refractivity contribution is -0.675. The average molecular weight is 366 g/mol. The highest BCUT2D eigenvalue weighted by molar-refractivity contribution is 7.10. The average Bonchev–Trinajstić information content (AvgIpc) is 3.13. The predicted molar refractivity (Wildman–Crippen MR) is 109 cm³/mol. The molecule has 0 radical (unpaired) electrons. The molecule has 2 aromatic carbocycles. The Morgan fingerprint density at radius 2 is 1.73 bits per heavy atom. The van der Waals surface area contributed by atoms with Crippen LogP contribution in [-0.4, -0.2) is 12.5 Å². The van der Waals surface area contributed by atoms with Crippen molar-refractivity contribution in [2.45, 2.75) is 26.8 Å². The molecule has 0 aliphatic rings. The van der Waals surface area contributed by atoms with Crippen LogP contribution in [0.3, 0.4) is 0 Å². The van der Waals surface area contributed by atoms with E-state index < -0.39 is 0 Å². The number of anilines is 1. The number of rotatable bonds is 6. The fraction of sp³-hybridized carbons (Fsp3) is 0.227. The van der Waals surface area contributed by atoms with Crippen LogP contribution in [0, 0.1) is 20.8 Å². The lowest BCUT2D eigenvalue weighted by Gasteiger charge is -2.16. The van der Waals surface area contributed by atoms with E-state index in [9.17, 15) is 4.79 Å². The maximum atomic E-state index is 12.6. The van der Waals surface area contributed by atoms with Gasteiger partial charge < -0.3 is 10.6 Å². The van der Waals surface area contributed by atoms with Gasteiger partial charge in [0, 0.05) is 11.3 Å². The van der Waals surface area contributed by atoms with Gasteiger partial charge in [0.1, 0.15) is 6.04 Å². The van der Waals surface area contributed by atoms with E-state index in [0.29, 0.717) is 6.54 Å². The number of carbonyl (C=O) groups excluding carboxylic acids is 1. The van der Waals surface area contributed by atoms with Crippen LogP contribution in [0.5, 0.6) is 0 Å². The van der Waals surface area contributed by atoms with E-state index >= 15 is 0 Å². The van der Waals surface area contributed by atoms with Crippen LogP contribution in [0.1, 0.15) is 33.2 Å². The van der Waals surface area contributed by atoms with Crippen LogP contribution < -0.4 is 10.6 Å². The van der Waals surface area contributed by atoms with E-state index in [1.165, 1.54) is 16.0 Å². The summed E-state index contributed by atoms with van der Waals surface area (Å²) in [4.78, 5) is 13.8. The molecule has 1 amide bonds. The van der Waals surface area contributed by atoms with E-state index in [4.69, 9.17) is 0 Å². The molecule has 134 valence electrons. The van der Waals surface area contributed by atoms with Crippen LogP contribution >= 0.6 is 11.3 Å². The summed E-state index contributed by atoms with van der Waals surface area (Å²) >= 11 is 1.73. The Balaban J connectivity index is 1.71. The summed E-state index contributed by atoms with van der Waals surface area (Å²) in [6.45, 7) is 6.53. The number of aryl methyl sites for hydroxylation is 3. The largest absolute Gasteiger partial charge is 0.328 e. The minimum Gasteiger partial charge on any atom is -0.328 e. The molecule has 4 heteroatoms. The monoisotopic (exact) mass is 365 g/mol. The molecule has 0 saturated heterocycles. The predicted octanol–water partition coefficient (Wildman–Crippen LogP) is 3.96. The molecule has 1 aromatic heterocycles. The van der Waals surface area contributed by atoms with Crippen molar-refractivity contribution in [1.29, 1.82) is 0 Å². The minimum absolute atomic E-state index is 0.0255. The molecule has 1 heterocycles. The summed E-state index contributed by atoms with van der Waals surface area (Å²) in [5.74, 6) is 0.0255. The number of nitrogens with one attached hydrogen (secondary N) is 1. The molecular formula is C22H25N2OS+. The summed E-state index contributed by atoms with van der Waals surface area (Å²) in [6.07, 6.45) is 0. The molecular weight excluding hydrogens is 340 g/mol. The molecule has 0 saturated carbocycles. The highest BCUT2D eigenvalue weighted by atomic mass is 32.1. The summed E-state index contributed by atoms with van der Waals surface area (Å²) in [6, 6.07) is 18.9. The third-order valence-electron chi connectivity index (χ3n) is 4.49. The molecule has 3 aromatic rings. The Morgan fingerprint density at radius 3 is 2.35 bits per heavy atom. The highest BCUT2D eigenvalue weighted by Crippen LogP contribution is 2.23. The Bertz CT molecular complexity index is 849. The maximum absolute atomic E-state index is 12.6. The van der Waals surface area contributed by atoms with Crippen molar-refractivity contribution >= 4 is 22.9 Å². The van der Waals surface area contributed by atoms with Crippen molar-refractivity contribution in [3.05, 3.63) is 87.1 Å². The van der Waals surface area contributed by atoms with E-state index in [0.717, 1.165) is 16.8 Å². The number of thiophene rings is 1. The van der Waals surface area contributed by atoms with Crippen LogP contribution in [-0.2, 0) is 4.79 Å². The number of carbonyl (C=O) groups is 1. The van der Waals surface area contributed by atoms with Gasteiger partial charge in [-0.25, -0.2) is 0 Å². The van der Waals surface area contributed by atoms with E-state index in [-0.39, 0.29) is 11.9 Å². The van der Waals surface area contributed by atoms with Crippen molar-refractivity contribution in [2.75, 3.05) is 11.9 Å². The molecule has 26 heavy (non-hydrogen) atoms. The fourth-order valence-corrected chi connectivity index (χ4v) is 4.19. The normalized spacial score (nSPS) is 12.0. The van der Waals surface area contributed by atoms with Crippen LogP contribution in [0.4, 0.5) is 5.69 Å². The van der Waals surface area contributed by atoms with Gasteiger partial charge in [-0.2, -0.15) is 0 Å². The van der Waals surface area contributed by atoms with Crippen LogP contribution in [0.25, 0.3) is 0 Å². The molecule has 0 unspecified atom stereocenters. The van der Waals surface area contributed by atoms with Gasteiger partial charge in [-0.1, -0.05) is 54.1 Å². The highest BCUT2D eigenvalue weighted by Gasteiger charge is 2.20. The maximum Gasteiger partial charge on any atom is 0.279 e. The molecule has 3 N–H and O–H groups in total. The van der Waals surface area contributed by atoms with Gasteiger partial charge >= 0.3 is 0 Å². The van der Waals surface area contributed by atoms with Crippen molar-refractivity contribution < 1.29 is 10.1 Å². The molecule has 0 spiro atoms. The summed E-state index contributed by atoms with van der Waals surface area (Å²) < 4.78 is 0. The van der Waals surface area contributed by atoms with Crippen LogP contribution in [0.2, 0.25) is 0 Å². The first-order valence-electron chi connectivity index (χ1n) is 8.84. The van der Waals surface area contributed by atoms with Gasteiger partial charge in [0.25, 0.3) is 5.91 Å². The SMILES string of the molecule is Cc1cc(C)c(NC(=O)C[NH2+][C@H](c2ccccc2)c2cccs2)c(C)c1. The zero-order valence-corrected chi connectivity index (χ0v) is 16.3. The Kier molecular flexibility index (Phi) is 5.86. The number of benzene rings is 2. The second-order valence-electron chi connectivity index (χ2n) is 6.67. The number of hydrogen-bond acceptors (Lipinski definition) is 2. The quantitative estimate of drug-likeness (QED) is 0.682. The molecule has 3 rings (SSSR count). The van der Waals surface area contributed by atoms with Crippen LogP contribution in [0.15, 0.2) is 60.0 Å². The second kappa shape index (κ2) is 8.30. The minimum atomic E-state index is 0.0255. The van der Waals surface area contributed by atoms with E-state index in [1.807, 2.05) is 32.0 Å². The van der Waals surface area contributed by atoms with Crippen molar-refractivity contribution in [3.8, 4) is 0 Å². The van der Waals surface area contributed by atoms with Crippen molar-refractivity contribution in [1.82, 2.24) is 0 Å². The molecule has 1 atom stereocenters. The number of hydrogen-bond donors (Lipinski definition) is 2. The van der Waals surface area contributed by atoms with E-state index in [1.54, 1.807) is 11.3 Å². The molecule has 0 fully saturated rings. The summed E-state index contributed by atoms with van der Waals surface area (Å²) in [5, 5.41) is 7.28. The van der Waals surface area contributed by atoms with Gasteiger partial charge in [0.05, 0.1) is 4.88 Å². The topological polar surface area (TPSA) is 45.7 Å². The smallest absolute Gasteiger partial charge is 0.279 e. The lowest BCUT2D eigenvalue weighted by atomic mass is 10.0. The number of nitrogens with two attached hydrogens (primary N) is 1. The van der Waals surface area contributed by atoms with Gasteiger partial charge in [-0.05, 0) is 43.3 Å².